The van der Waals surface area contributed by atoms with Crippen molar-refractivity contribution in [3.05, 3.63) is 29.8 Å². The third-order valence-electron chi connectivity index (χ3n) is 4.25. The van der Waals surface area contributed by atoms with Crippen molar-refractivity contribution in [1.82, 2.24) is 10.2 Å². The number of carbonyl (C=O) groups is 2. The zero-order chi connectivity index (χ0) is 16.3. The number of hydrogen-bond donors (Lipinski definition) is 1. The van der Waals surface area contributed by atoms with Crippen LogP contribution in [0.25, 0.3) is 0 Å². The third kappa shape index (κ3) is 3.30. The molecule has 2 rings (SSSR count). The van der Waals surface area contributed by atoms with Crippen molar-refractivity contribution in [2.75, 3.05) is 25.5 Å². The van der Waals surface area contributed by atoms with Gasteiger partial charge in [-0.05, 0) is 38.6 Å². The number of rotatable bonds is 4. The van der Waals surface area contributed by atoms with Gasteiger partial charge < -0.3 is 10.2 Å². The second-order valence-electron chi connectivity index (χ2n) is 5.97. The molecule has 1 N–H and O–H groups in total. The van der Waals surface area contributed by atoms with E-state index in [-0.39, 0.29) is 23.9 Å². The molecule has 0 fully saturated rings. The second kappa shape index (κ2) is 6.92. The zero-order valence-corrected chi connectivity index (χ0v) is 13.8. The molecule has 22 heavy (non-hydrogen) atoms. The fourth-order valence-corrected chi connectivity index (χ4v) is 3.09. The van der Waals surface area contributed by atoms with E-state index in [0.29, 0.717) is 6.54 Å². The molecule has 0 bridgehead atoms. The van der Waals surface area contributed by atoms with Crippen molar-refractivity contribution in [2.45, 2.75) is 38.8 Å². The second-order valence-corrected chi connectivity index (χ2v) is 5.97. The van der Waals surface area contributed by atoms with Gasteiger partial charge in [0.05, 0.1) is 12.1 Å². The zero-order valence-electron chi connectivity index (χ0n) is 13.8. The summed E-state index contributed by atoms with van der Waals surface area (Å²) in [6.45, 7) is 4.22. The maximum atomic E-state index is 12.5. The molecule has 0 radical (unpaired) electrons. The fraction of sp³-hybridized carbons (Fsp3) is 0.529. The Morgan fingerprint density at radius 3 is 2.64 bits per heavy atom. The lowest BCUT2D eigenvalue weighted by Crippen LogP contribution is -2.46. The van der Waals surface area contributed by atoms with Crippen LogP contribution in [-0.4, -0.2) is 43.4 Å². The topological polar surface area (TPSA) is 52.7 Å². The Balaban J connectivity index is 2.21. The lowest BCUT2D eigenvalue weighted by molar-refractivity contribution is -0.126. The van der Waals surface area contributed by atoms with E-state index in [1.54, 1.807) is 11.8 Å². The summed E-state index contributed by atoms with van der Waals surface area (Å²) in [7, 11) is 3.83. The number of fused-ring (bicyclic) bond motifs is 1. The number of nitrogens with zero attached hydrogens (tertiary/aromatic N) is 2. The molecule has 2 atom stereocenters. The van der Waals surface area contributed by atoms with Crippen LogP contribution in [0, 0.1) is 0 Å². The first-order valence-corrected chi connectivity index (χ1v) is 7.79. The summed E-state index contributed by atoms with van der Waals surface area (Å²) < 4.78 is 0. The van der Waals surface area contributed by atoms with Crippen LogP contribution in [0.3, 0.4) is 0 Å². The van der Waals surface area contributed by atoms with E-state index >= 15 is 0 Å². The summed E-state index contributed by atoms with van der Waals surface area (Å²) in [6.07, 6.45) is 1.51. The Bertz CT molecular complexity index is 557. The van der Waals surface area contributed by atoms with E-state index in [1.807, 2.05) is 50.2 Å². The molecule has 5 heteroatoms. The van der Waals surface area contributed by atoms with Gasteiger partial charge in [-0.1, -0.05) is 25.1 Å². The molecule has 0 saturated heterocycles. The minimum absolute atomic E-state index is 0.0340. The molecule has 5 nitrogen and oxygen atoms in total. The molecule has 1 aromatic carbocycles. The number of carbonyl (C=O) groups excluding carboxylic acids is 2. The molecule has 1 aliphatic rings. The lowest BCUT2D eigenvalue weighted by Gasteiger charge is -2.35. The first-order chi connectivity index (χ1) is 10.5. The normalized spacial score (nSPS) is 18.8. The quantitative estimate of drug-likeness (QED) is 0.925. The van der Waals surface area contributed by atoms with Crippen molar-refractivity contribution in [3.63, 3.8) is 0 Å². The number of hydrogen-bond acceptors (Lipinski definition) is 3. The molecule has 1 aromatic rings. The number of amides is 2. The van der Waals surface area contributed by atoms with Crippen molar-refractivity contribution >= 4 is 17.5 Å². The van der Waals surface area contributed by atoms with Crippen molar-refractivity contribution in [2.24, 2.45) is 0 Å². The summed E-state index contributed by atoms with van der Waals surface area (Å²) in [5, 5.41) is 3.15. The standard InChI is InChI=1S/C17H25N3O2/c1-5-15(19(3)4)17(22)18-14-10-11-20(12(2)21)16-9-7-6-8-13(14)16/h6-9,14-15H,5,10-11H2,1-4H3,(H,18,22). The van der Waals surface area contributed by atoms with Gasteiger partial charge in [-0.3, -0.25) is 14.5 Å². The van der Waals surface area contributed by atoms with E-state index in [1.165, 1.54) is 0 Å². The van der Waals surface area contributed by atoms with E-state index < -0.39 is 0 Å². The van der Waals surface area contributed by atoms with Crippen LogP contribution in [0.5, 0.6) is 0 Å². The van der Waals surface area contributed by atoms with Crippen molar-refractivity contribution < 1.29 is 9.59 Å². The Morgan fingerprint density at radius 2 is 2.05 bits per heavy atom. The van der Waals surface area contributed by atoms with Crippen LogP contribution >= 0.6 is 0 Å². The van der Waals surface area contributed by atoms with Gasteiger partial charge in [-0.15, -0.1) is 0 Å². The van der Waals surface area contributed by atoms with E-state index in [2.05, 4.69) is 5.32 Å². The molecule has 120 valence electrons. The number of nitrogens with one attached hydrogen (secondary N) is 1. The molecule has 2 amide bonds. The van der Waals surface area contributed by atoms with E-state index in [0.717, 1.165) is 24.1 Å². The minimum Gasteiger partial charge on any atom is -0.348 e. The number of benzene rings is 1. The van der Waals surface area contributed by atoms with Crippen LogP contribution in [0.1, 0.15) is 38.3 Å². The SMILES string of the molecule is CCC(C(=O)NC1CCN(C(C)=O)c2ccccc21)N(C)C. The maximum absolute atomic E-state index is 12.5. The molecular weight excluding hydrogens is 278 g/mol. The molecule has 0 spiro atoms. The van der Waals surface area contributed by atoms with Gasteiger partial charge in [-0.2, -0.15) is 0 Å². The highest BCUT2D eigenvalue weighted by atomic mass is 16.2. The highest BCUT2D eigenvalue weighted by Gasteiger charge is 2.29. The van der Waals surface area contributed by atoms with Gasteiger partial charge >= 0.3 is 0 Å². The lowest BCUT2D eigenvalue weighted by atomic mass is 9.95. The summed E-state index contributed by atoms with van der Waals surface area (Å²) in [5.41, 5.74) is 1.93. The van der Waals surface area contributed by atoms with Gasteiger partial charge in [0.15, 0.2) is 0 Å². The first-order valence-electron chi connectivity index (χ1n) is 7.79. The van der Waals surface area contributed by atoms with E-state index in [9.17, 15) is 9.59 Å². The maximum Gasteiger partial charge on any atom is 0.237 e. The van der Waals surface area contributed by atoms with Gasteiger partial charge in [0, 0.05) is 19.2 Å². The van der Waals surface area contributed by atoms with Crippen LogP contribution in [0.15, 0.2) is 24.3 Å². The van der Waals surface area contributed by atoms with Crippen LogP contribution in [0.4, 0.5) is 5.69 Å². The Kier molecular flexibility index (Phi) is 5.19. The predicted molar refractivity (Wildman–Crippen MR) is 87.7 cm³/mol. The summed E-state index contributed by atoms with van der Waals surface area (Å²) >= 11 is 0. The largest absolute Gasteiger partial charge is 0.348 e. The van der Waals surface area contributed by atoms with E-state index in [4.69, 9.17) is 0 Å². The molecule has 0 saturated carbocycles. The summed E-state index contributed by atoms with van der Waals surface area (Å²) in [4.78, 5) is 28.0. The fourth-order valence-electron chi connectivity index (χ4n) is 3.09. The van der Waals surface area contributed by atoms with Gasteiger partial charge in [0.2, 0.25) is 11.8 Å². The monoisotopic (exact) mass is 303 g/mol. The number of para-hydroxylation sites is 1. The Labute approximate surface area is 132 Å². The molecule has 0 aromatic heterocycles. The van der Waals surface area contributed by atoms with Gasteiger partial charge in [0.1, 0.15) is 0 Å². The van der Waals surface area contributed by atoms with Gasteiger partial charge in [0.25, 0.3) is 0 Å². The Morgan fingerprint density at radius 1 is 1.36 bits per heavy atom. The molecular formula is C17H25N3O2. The van der Waals surface area contributed by atoms with Crippen molar-refractivity contribution in [1.29, 1.82) is 0 Å². The number of likely N-dealkylation sites (N-methyl/N-ethyl adjacent to an activating group) is 1. The minimum atomic E-state index is -0.127. The average Bonchev–Trinajstić information content (AvgIpc) is 2.47. The smallest absolute Gasteiger partial charge is 0.237 e. The molecule has 1 heterocycles. The third-order valence-corrected chi connectivity index (χ3v) is 4.25. The van der Waals surface area contributed by atoms with Crippen molar-refractivity contribution in [3.8, 4) is 0 Å². The van der Waals surface area contributed by atoms with Gasteiger partial charge in [-0.25, -0.2) is 0 Å². The molecule has 1 aliphatic heterocycles. The summed E-state index contributed by atoms with van der Waals surface area (Å²) in [6, 6.07) is 7.65. The summed E-state index contributed by atoms with van der Waals surface area (Å²) in [5.74, 6) is 0.0838. The highest BCUT2D eigenvalue weighted by molar-refractivity contribution is 5.93. The van der Waals surface area contributed by atoms with Crippen LogP contribution in [0.2, 0.25) is 0 Å². The average molecular weight is 303 g/mol. The molecule has 0 aliphatic carbocycles. The Hall–Kier alpha value is -1.88. The van der Waals surface area contributed by atoms with Crippen LogP contribution in [-0.2, 0) is 9.59 Å². The first kappa shape index (κ1) is 16.5. The predicted octanol–water partition coefficient (Wildman–Crippen LogP) is 1.94. The number of anilines is 1. The highest BCUT2D eigenvalue weighted by Crippen LogP contribution is 2.33. The van der Waals surface area contributed by atoms with Crippen LogP contribution < -0.4 is 10.2 Å². The molecule has 2 unspecified atom stereocenters.